The van der Waals surface area contributed by atoms with Gasteiger partial charge >= 0.3 is 5.97 Å². The van der Waals surface area contributed by atoms with Crippen LogP contribution < -0.4 is 5.32 Å². The lowest BCUT2D eigenvalue weighted by atomic mass is 9.79. The fraction of sp³-hybridized carbons (Fsp3) is 0.529. The molecule has 4 atom stereocenters. The second-order valence-corrected chi connectivity index (χ2v) is 7.46. The van der Waals surface area contributed by atoms with E-state index < -0.39 is 17.8 Å². The number of carbonyl (C=O) groups is 2. The van der Waals surface area contributed by atoms with Crippen molar-refractivity contribution in [2.75, 3.05) is 0 Å². The number of hydrogen-bond acceptors (Lipinski definition) is 3. The summed E-state index contributed by atoms with van der Waals surface area (Å²) in [5.41, 5.74) is 2.41. The molecule has 0 radical (unpaired) electrons. The molecule has 5 heteroatoms. The maximum atomic E-state index is 12.6. The molecule has 2 fully saturated rings. The zero-order chi connectivity index (χ0) is 15.9. The SMILES string of the molecule is CC(C)=C1[C@@H]2CC[C@@H]1[C@@H](C(=O)NCc1cccs1)[C@H]2C(=O)O. The van der Waals surface area contributed by atoms with Gasteiger partial charge in [-0.3, -0.25) is 9.59 Å². The third kappa shape index (κ3) is 2.47. The smallest absolute Gasteiger partial charge is 0.307 e. The molecule has 0 aromatic carbocycles. The Morgan fingerprint density at radius 2 is 1.95 bits per heavy atom. The lowest BCUT2D eigenvalue weighted by molar-refractivity contribution is -0.149. The largest absolute Gasteiger partial charge is 0.481 e. The van der Waals surface area contributed by atoms with Gasteiger partial charge in [-0.05, 0) is 50.0 Å². The van der Waals surface area contributed by atoms with E-state index in [0.717, 1.165) is 17.7 Å². The summed E-state index contributed by atoms with van der Waals surface area (Å²) < 4.78 is 0. The number of thiophene rings is 1. The van der Waals surface area contributed by atoms with E-state index in [1.165, 1.54) is 11.1 Å². The van der Waals surface area contributed by atoms with Crippen LogP contribution in [0, 0.1) is 23.7 Å². The third-order valence-electron chi connectivity index (χ3n) is 5.02. The van der Waals surface area contributed by atoms with Crippen molar-refractivity contribution >= 4 is 23.2 Å². The average molecular weight is 319 g/mol. The van der Waals surface area contributed by atoms with Gasteiger partial charge in [-0.2, -0.15) is 0 Å². The van der Waals surface area contributed by atoms with E-state index in [-0.39, 0.29) is 17.7 Å². The quantitative estimate of drug-likeness (QED) is 0.838. The van der Waals surface area contributed by atoms with Crippen molar-refractivity contribution in [3.8, 4) is 0 Å². The van der Waals surface area contributed by atoms with Crippen LogP contribution in [0.3, 0.4) is 0 Å². The molecule has 3 rings (SSSR count). The molecule has 0 aliphatic heterocycles. The van der Waals surface area contributed by atoms with Crippen LogP contribution in [0.4, 0.5) is 0 Å². The Morgan fingerprint density at radius 1 is 1.27 bits per heavy atom. The van der Waals surface area contributed by atoms with Crippen LogP contribution in [-0.2, 0) is 16.1 Å². The molecule has 2 bridgehead atoms. The number of hydrogen-bond donors (Lipinski definition) is 2. The van der Waals surface area contributed by atoms with E-state index in [0.29, 0.717) is 6.54 Å². The van der Waals surface area contributed by atoms with E-state index in [2.05, 4.69) is 5.32 Å². The Labute approximate surface area is 134 Å². The Hall–Kier alpha value is -1.62. The lowest BCUT2D eigenvalue weighted by Crippen LogP contribution is -2.40. The van der Waals surface area contributed by atoms with Crippen molar-refractivity contribution < 1.29 is 14.7 Å². The number of aliphatic carboxylic acids is 1. The molecule has 118 valence electrons. The Bertz CT molecular complexity index is 616. The fourth-order valence-electron chi connectivity index (χ4n) is 4.31. The lowest BCUT2D eigenvalue weighted by Gasteiger charge is -2.26. The number of carboxylic acid groups (broad SMARTS) is 1. The van der Waals surface area contributed by atoms with Gasteiger partial charge in [0.05, 0.1) is 18.4 Å². The fourth-order valence-corrected chi connectivity index (χ4v) is 4.95. The summed E-state index contributed by atoms with van der Waals surface area (Å²) in [6.45, 7) is 4.55. The molecule has 22 heavy (non-hydrogen) atoms. The van der Waals surface area contributed by atoms with Crippen molar-refractivity contribution in [3.05, 3.63) is 33.5 Å². The summed E-state index contributed by atoms with van der Waals surface area (Å²) in [7, 11) is 0. The van der Waals surface area contributed by atoms with Crippen LogP contribution in [0.2, 0.25) is 0 Å². The molecule has 1 aromatic rings. The first kappa shape index (κ1) is 15.3. The average Bonchev–Trinajstić information content (AvgIpc) is 3.17. The summed E-state index contributed by atoms with van der Waals surface area (Å²) in [5.74, 6) is -1.76. The predicted molar refractivity (Wildman–Crippen MR) is 85.4 cm³/mol. The molecule has 2 saturated carbocycles. The first-order chi connectivity index (χ1) is 10.5. The minimum Gasteiger partial charge on any atom is -0.481 e. The van der Waals surface area contributed by atoms with E-state index in [1.54, 1.807) is 11.3 Å². The molecule has 0 saturated heterocycles. The summed E-state index contributed by atoms with van der Waals surface area (Å²) in [6.07, 6.45) is 1.84. The molecule has 0 spiro atoms. The number of rotatable bonds is 4. The van der Waals surface area contributed by atoms with Crippen LogP contribution in [0.1, 0.15) is 31.6 Å². The number of allylic oxidation sites excluding steroid dienone is 2. The highest BCUT2D eigenvalue weighted by Crippen LogP contribution is 2.57. The molecule has 2 N–H and O–H groups in total. The van der Waals surface area contributed by atoms with Crippen molar-refractivity contribution in [1.29, 1.82) is 0 Å². The monoisotopic (exact) mass is 319 g/mol. The maximum Gasteiger partial charge on any atom is 0.307 e. The molecular weight excluding hydrogens is 298 g/mol. The summed E-state index contributed by atoms with van der Waals surface area (Å²) in [5, 5.41) is 14.5. The zero-order valence-electron chi connectivity index (χ0n) is 12.8. The minimum atomic E-state index is -0.831. The first-order valence-electron chi connectivity index (χ1n) is 7.71. The van der Waals surface area contributed by atoms with Crippen LogP contribution in [0.5, 0.6) is 0 Å². The van der Waals surface area contributed by atoms with Gasteiger partial charge in [-0.25, -0.2) is 0 Å². The van der Waals surface area contributed by atoms with Crippen molar-refractivity contribution in [3.63, 3.8) is 0 Å². The van der Waals surface area contributed by atoms with Gasteiger partial charge in [-0.1, -0.05) is 17.2 Å². The van der Waals surface area contributed by atoms with Gasteiger partial charge in [0, 0.05) is 4.88 Å². The van der Waals surface area contributed by atoms with Crippen LogP contribution in [0.15, 0.2) is 28.7 Å². The first-order valence-corrected chi connectivity index (χ1v) is 8.58. The highest BCUT2D eigenvalue weighted by atomic mass is 32.1. The number of carbonyl (C=O) groups excluding carboxylic acids is 1. The Kier molecular flexibility index (Phi) is 4.08. The normalized spacial score (nSPS) is 29.6. The van der Waals surface area contributed by atoms with E-state index in [1.807, 2.05) is 31.4 Å². The second kappa shape index (κ2) is 5.88. The summed E-state index contributed by atoms with van der Waals surface area (Å²) >= 11 is 1.59. The number of nitrogens with one attached hydrogen (secondary N) is 1. The highest BCUT2D eigenvalue weighted by molar-refractivity contribution is 7.09. The maximum absolute atomic E-state index is 12.6. The van der Waals surface area contributed by atoms with Gasteiger partial charge in [0.25, 0.3) is 0 Å². The van der Waals surface area contributed by atoms with Crippen molar-refractivity contribution in [2.45, 2.75) is 33.2 Å². The molecule has 0 unspecified atom stereocenters. The molecule has 2 aliphatic rings. The molecule has 1 amide bonds. The van der Waals surface area contributed by atoms with Gasteiger partial charge in [0.1, 0.15) is 0 Å². The molecular formula is C17H21NO3S. The molecule has 2 aliphatic carbocycles. The number of carboxylic acids is 1. The molecule has 1 heterocycles. The number of amides is 1. The van der Waals surface area contributed by atoms with Crippen LogP contribution in [-0.4, -0.2) is 17.0 Å². The molecule has 4 nitrogen and oxygen atoms in total. The van der Waals surface area contributed by atoms with Crippen LogP contribution in [0.25, 0.3) is 0 Å². The Morgan fingerprint density at radius 3 is 2.50 bits per heavy atom. The third-order valence-corrected chi connectivity index (χ3v) is 5.90. The zero-order valence-corrected chi connectivity index (χ0v) is 13.7. The predicted octanol–water partition coefficient (Wildman–Crippen LogP) is 3.06. The van der Waals surface area contributed by atoms with Gasteiger partial charge < -0.3 is 10.4 Å². The van der Waals surface area contributed by atoms with Crippen molar-refractivity contribution in [1.82, 2.24) is 5.32 Å². The van der Waals surface area contributed by atoms with Gasteiger partial charge in [0.2, 0.25) is 5.91 Å². The summed E-state index contributed by atoms with van der Waals surface area (Å²) in [4.78, 5) is 25.4. The number of fused-ring (bicyclic) bond motifs is 2. The topological polar surface area (TPSA) is 66.4 Å². The van der Waals surface area contributed by atoms with E-state index >= 15 is 0 Å². The van der Waals surface area contributed by atoms with Crippen LogP contribution >= 0.6 is 11.3 Å². The van der Waals surface area contributed by atoms with E-state index in [4.69, 9.17) is 0 Å². The molecule has 1 aromatic heterocycles. The van der Waals surface area contributed by atoms with E-state index in [9.17, 15) is 14.7 Å². The highest BCUT2D eigenvalue weighted by Gasteiger charge is 2.57. The second-order valence-electron chi connectivity index (χ2n) is 6.43. The minimum absolute atomic E-state index is 0.0463. The summed E-state index contributed by atoms with van der Waals surface area (Å²) in [6, 6.07) is 3.92. The van der Waals surface area contributed by atoms with Gasteiger partial charge in [0.15, 0.2) is 0 Å². The standard InChI is InChI=1S/C17H21NO3S/c1-9(2)13-11-5-6-12(13)15(17(20)21)14(11)16(19)18-8-10-4-3-7-22-10/h3-4,7,11-12,14-15H,5-6,8H2,1-2H3,(H,18,19)(H,20,21)/t11-,12-,14+,15-/m0/s1. The van der Waals surface area contributed by atoms with Gasteiger partial charge in [-0.15, -0.1) is 11.3 Å². The Balaban J connectivity index is 1.80. The van der Waals surface area contributed by atoms with Crippen molar-refractivity contribution in [2.24, 2.45) is 23.7 Å².